The highest BCUT2D eigenvalue weighted by molar-refractivity contribution is 5.32. The fourth-order valence-electron chi connectivity index (χ4n) is 2.89. The van der Waals surface area contributed by atoms with E-state index in [1.165, 1.54) is 11.4 Å². The quantitative estimate of drug-likeness (QED) is 0.882. The van der Waals surface area contributed by atoms with Crippen molar-refractivity contribution in [2.24, 2.45) is 0 Å². The van der Waals surface area contributed by atoms with E-state index in [4.69, 9.17) is 4.42 Å². The molecule has 2 aromatic heterocycles. The first-order valence-corrected chi connectivity index (χ1v) is 6.57. The molecule has 1 aliphatic rings. The Balaban J connectivity index is 1.97. The predicted octanol–water partition coefficient (Wildman–Crippen LogP) is 3.12. The van der Waals surface area contributed by atoms with E-state index in [1.54, 1.807) is 0 Å². The maximum atomic E-state index is 10.0. The molecule has 1 aliphatic carbocycles. The summed E-state index contributed by atoms with van der Waals surface area (Å²) in [5.41, 5.74) is 3.59. The van der Waals surface area contributed by atoms with Gasteiger partial charge in [-0.3, -0.25) is 0 Å². The van der Waals surface area contributed by atoms with Crippen LogP contribution in [0.15, 0.2) is 22.6 Å². The van der Waals surface area contributed by atoms with Gasteiger partial charge in [0.15, 0.2) is 0 Å². The van der Waals surface area contributed by atoms with Crippen molar-refractivity contribution in [3.05, 3.63) is 46.7 Å². The third-order valence-corrected chi connectivity index (χ3v) is 3.81. The lowest BCUT2D eigenvalue weighted by Crippen LogP contribution is -2.13. The number of hydrogen-bond donors (Lipinski definition) is 1. The van der Waals surface area contributed by atoms with E-state index >= 15 is 0 Å². The average molecular weight is 245 g/mol. The Kier molecular flexibility index (Phi) is 2.78. The van der Waals surface area contributed by atoms with Crippen molar-refractivity contribution >= 4 is 0 Å². The van der Waals surface area contributed by atoms with E-state index in [0.717, 1.165) is 42.9 Å². The van der Waals surface area contributed by atoms with Gasteiger partial charge in [0.1, 0.15) is 11.5 Å². The van der Waals surface area contributed by atoms with Gasteiger partial charge in [0.2, 0.25) is 0 Å². The first-order chi connectivity index (χ1) is 8.65. The van der Waals surface area contributed by atoms with Gasteiger partial charge >= 0.3 is 0 Å². The topological polar surface area (TPSA) is 38.3 Å². The summed E-state index contributed by atoms with van der Waals surface area (Å²) >= 11 is 0. The fraction of sp³-hybridized carbons (Fsp3) is 0.467. The molecule has 3 rings (SSSR count). The molecular formula is C15H19NO2. The molecule has 2 heterocycles. The summed E-state index contributed by atoms with van der Waals surface area (Å²) in [6, 6.07) is 6.14. The van der Waals surface area contributed by atoms with E-state index in [9.17, 15) is 5.11 Å². The van der Waals surface area contributed by atoms with Gasteiger partial charge in [-0.2, -0.15) is 0 Å². The number of furan rings is 1. The molecule has 0 fully saturated rings. The number of aryl methyl sites for hydroxylation is 2. The van der Waals surface area contributed by atoms with Gasteiger partial charge in [-0.15, -0.1) is 0 Å². The molecule has 0 saturated carbocycles. The number of nitrogens with zero attached hydrogens (tertiary/aromatic N) is 1. The Labute approximate surface area is 107 Å². The summed E-state index contributed by atoms with van der Waals surface area (Å²) in [5, 5.41) is 10.0. The van der Waals surface area contributed by atoms with Gasteiger partial charge in [-0.05, 0) is 51.3 Å². The SMILES string of the molecule is Cc1ccc(Cn2c(C)cc3c2CCCC3O)o1. The minimum Gasteiger partial charge on any atom is -0.464 e. The molecule has 0 aromatic carbocycles. The number of fused-ring (bicyclic) bond motifs is 1. The Morgan fingerprint density at radius 1 is 1.39 bits per heavy atom. The third-order valence-electron chi connectivity index (χ3n) is 3.81. The van der Waals surface area contributed by atoms with E-state index in [2.05, 4.69) is 17.6 Å². The number of hydrogen-bond acceptors (Lipinski definition) is 2. The van der Waals surface area contributed by atoms with Crippen LogP contribution in [0.25, 0.3) is 0 Å². The van der Waals surface area contributed by atoms with Gasteiger partial charge in [0, 0.05) is 17.0 Å². The van der Waals surface area contributed by atoms with Crippen LogP contribution in [-0.4, -0.2) is 9.67 Å². The second kappa shape index (κ2) is 4.32. The monoisotopic (exact) mass is 245 g/mol. The van der Waals surface area contributed by atoms with Crippen molar-refractivity contribution in [3.8, 4) is 0 Å². The molecule has 0 amide bonds. The van der Waals surface area contributed by atoms with Gasteiger partial charge in [-0.1, -0.05) is 0 Å². The predicted molar refractivity (Wildman–Crippen MR) is 69.6 cm³/mol. The molecule has 3 heteroatoms. The van der Waals surface area contributed by atoms with E-state index in [0.29, 0.717) is 0 Å². The van der Waals surface area contributed by atoms with Crippen molar-refractivity contribution in [1.29, 1.82) is 0 Å². The van der Waals surface area contributed by atoms with E-state index in [-0.39, 0.29) is 6.10 Å². The number of aliphatic hydroxyl groups is 1. The van der Waals surface area contributed by atoms with E-state index < -0.39 is 0 Å². The maximum Gasteiger partial charge on any atom is 0.123 e. The summed E-state index contributed by atoms with van der Waals surface area (Å²) in [7, 11) is 0. The number of aromatic nitrogens is 1. The molecule has 1 unspecified atom stereocenters. The summed E-state index contributed by atoms with van der Waals surface area (Å²) in [4.78, 5) is 0. The minimum atomic E-state index is -0.285. The molecule has 96 valence electrons. The first kappa shape index (κ1) is 11.6. The molecule has 0 saturated heterocycles. The lowest BCUT2D eigenvalue weighted by Gasteiger charge is -2.20. The second-order valence-electron chi connectivity index (χ2n) is 5.19. The highest BCUT2D eigenvalue weighted by Crippen LogP contribution is 2.32. The van der Waals surface area contributed by atoms with Gasteiger partial charge < -0.3 is 14.1 Å². The maximum absolute atomic E-state index is 10.0. The molecule has 3 nitrogen and oxygen atoms in total. The van der Waals surface area contributed by atoms with Crippen LogP contribution in [0.5, 0.6) is 0 Å². The fourth-order valence-corrected chi connectivity index (χ4v) is 2.89. The molecule has 0 spiro atoms. The Morgan fingerprint density at radius 2 is 2.22 bits per heavy atom. The molecule has 1 N–H and O–H groups in total. The zero-order valence-corrected chi connectivity index (χ0v) is 10.9. The Morgan fingerprint density at radius 3 is 2.94 bits per heavy atom. The normalized spacial score (nSPS) is 18.9. The molecule has 0 bridgehead atoms. The second-order valence-corrected chi connectivity index (χ2v) is 5.19. The van der Waals surface area contributed by atoms with Crippen LogP contribution in [0.4, 0.5) is 0 Å². The average Bonchev–Trinajstić information content (AvgIpc) is 2.87. The molecular weight excluding hydrogens is 226 g/mol. The molecule has 2 aromatic rings. The smallest absolute Gasteiger partial charge is 0.123 e. The van der Waals surface area contributed by atoms with Gasteiger partial charge in [-0.25, -0.2) is 0 Å². The largest absolute Gasteiger partial charge is 0.464 e. The van der Waals surface area contributed by atoms with Gasteiger partial charge in [0.05, 0.1) is 12.6 Å². The molecule has 18 heavy (non-hydrogen) atoms. The van der Waals surface area contributed by atoms with Crippen molar-refractivity contribution < 1.29 is 9.52 Å². The summed E-state index contributed by atoms with van der Waals surface area (Å²) < 4.78 is 7.92. The minimum absolute atomic E-state index is 0.285. The zero-order chi connectivity index (χ0) is 12.7. The highest BCUT2D eigenvalue weighted by atomic mass is 16.3. The van der Waals surface area contributed by atoms with Crippen molar-refractivity contribution in [1.82, 2.24) is 4.57 Å². The standard InChI is InChI=1S/C15H19NO2/c1-10-8-13-14(4-3-5-15(13)17)16(10)9-12-7-6-11(2)18-12/h6-8,15,17H,3-5,9H2,1-2H3. The summed E-state index contributed by atoms with van der Waals surface area (Å²) in [6.45, 7) is 4.83. The summed E-state index contributed by atoms with van der Waals surface area (Å²) in [5.74, 6) is 1.93. The number of aliphatic hydroxyl groups excluding tert-OH is 1. The van der Waals surface area contributed by atoms with E-state index in [1.807, 2.05) is 19.1 Å². The molecule has 1 atom stereocenters. The zero-order valence-electron chi connectivity index (χ0n) is 10.9. The van der Waals surface area contributed by atoms with Crippen LogP contribution in [-0.2, 0) is 13.0 Å². The lowest BCUT2D eigenvalue weighted by molar-refractivity contribution is 0.155. The van der Waals surface area contributed by atoms with Crippen LogP contribution >= 0.6 is 0 Å². The van der Waals surface area contributed by atoms with Crippen LogP contribution in [0.2, 0.25) is 0 Å². The third kappa shape index (κ3) is 1.89. The lowest BCUT2D eigenvalue weighted by atomic mass is 9.95. The molecule has 0 radical (unpaired) electrons. The van der Waals surface area contributed by atoms with Gasteiger partial charge in [0.25, 0.3) is 0 Å². The Bertz CT molecular complexity index is 565. The first-order valence-electron chi connectivity index (χ1n) is 6.57. The van der Waals surface area contributed by atoms with Crippen LogP contribution in [0, 0.1) is 13.8 Å². The molecule has 0 aliphatic heterocycles. The van der Waals surface area contributed by atoms with Crippen LogP contribution < -0.4 is 0 Å². The van der Waals surface area contributed by atoms with Crippen molar-refractivity contribution in [3.63, 3.8) is 0 Å². The Hall–Kier alpha value is -1.48. The summed E-state index contributed by atoms with van der Waals surface area (Å²) in [6.07, 6.45) is 2.72. The van der Waals surface area contributed by atoms with Crippen molar-refractivity contribution in [2.45, 2.75) is 45.8 Å². The van der Waals surface area contributed by atoms with Crippen LogP contribution in [0.3, 0.4) is 0 Å². The number of rotatable bonds is 2. The van der Waals surface area contributed by atoms with Crippen LogP contribution in [0.1, 0.15) is 47.4 Å². The van der Waals surface area contributed by atoms with Crippen molar-refractivity contribution in [2.75, 3.05) is 0 Å². The highest BCUT2D eigenvalue weighted by Gasteiger charge is 2.23.